The minimum absolute atomic E-state index is 0.196. The van der Waals surface area contributed by atoms with Crippen LogP contribution >= 0.6 is 0 Å². The van der Waals surface area contributed by atoms with Crippen LogP contribution in [0.1, 0.15) is 17.5 Å². The van der Waals surface area contributed by atoms with Crippen LogP contribution < -0.4 is 10.7 Å². The van der Waals surface area contributed by atoms with Gasteiger partial charge in [-0.25, -0.2) is 4.79 Å². The Hall–Kier alpha value is -3.02. The summed E-state index contributed by atoms with van der Waals surface area (Å²) in [5.74, 6) is -0.246. The first-order chi connectivity index (χ1) is 13.1. The average molecular weight is 365 g/mol. The molecular formula is C21H23N3O3. The van der Waals surface area contributed by atoms with Crippen LogP contribution in [0.4, 0.5) is 5.69 Å². The van der Waals surface area contributed by atoms with Crippen molar-refractivity contribution in [2.24, 2.45) is 0 Å². The predicted molar refractivity (Wildman–Crippen MR) is 105 cm³/mol. The molecule has 2 heterocycles. The number of aryl methyl sites for hydroxylation is 2. The summed E-state index contributed by atoms with van der Waals surface area (Å²) in [6, 6.07) is 14.0. The number of nitrogens with one attached hydrogen (secondary N) is 1. The zero-order chi connectivity index (χ0) is 18.8. The van der Waals surface area contributed by atoms with Gasteiger partial charge in [0.1, 0.15) is 0 Å². The number of aromatic amines is 1. The van der Waals surface area contributed by atoms with E-state index in [-0.39, 0.29) is 5.91 Å². The van der Waals surface area contributed by atoms with Gasteiger partial charge in [0, 0.05) is 32.6 Å². The van der Waals surface area contributed by atoms with E-state index in [4.69, 9.17) is 4.42 Å². The van der Waals surface area contributed by atoms with E-state index in [0.717, 1.165) is 25.2 Å². The van der Waals surface area contributed by atoms with Crippen LogP contribution in [0.25, 0.3) is 11.1 Å². The molecule has 0 atom stereocenters. The number of H-pyrrole nitrogens is 1. The van der Waals surface area contributed by atoms with Crippen molar-refractivity contribution in [1.82, 2.24) is 9.88 Å². The third kappa shape index (κ3) is 3.74. The van der Waals surface area contributed by atoms with Gasteiger partial charge in [0.25, 0.3) is 0 Å². The topological polar surface area (TPSA) is 69.6 Å². The molecular weight excluding hydrogens is 342 g/mol. The molecule has 6 nitrogen and oxygen atoms in total. The molecule has 2 aromatic carbocycles. The number of carbonyl (C=O) groups excluding carboxylic acids is 1. The van der Waals surface area contributed by atoms with E-state index in [0.29, 0.717) is 30.6 Å². The first kappa shape index (κ1) is 17.4. The van der Waals surface area contributed by atoms with Crippen molar-refractivity contribution in [3.8, 4) is 0 Å². The molecule has 1 aliphatic heterocycles. The molecule has 0 spiro atoms. The van der Waals surface area contributed by atoms with Crippen LogP contribution in [-0.2, 0) is 11.2 Å². The smallest absolute Gasteiger partial charge is 0.406 e. The van der Waals surface area contributed by atoms with Gasteiger partial charge in [0.15, 0.2) is 5.58 Å². The number of rotatable bonds is 4. The van der Waals surface area contributed by atoms with Crippen LogP contribution in [0.15, 0.2) is 51.7 Å². The van der Waals surface area contributed by atoms with Gasteiger partial charge in [-0.1, -0.05) is 35.9 Å². The van der Waals surface area contributed by atoms with Crippen molar-refractivity contribution < 1.29 is 9.21 Å². The second-order valence-corrected chi connectivity index (χ2v) is 7.02. The summed E-state index contributed by atoms with van der Waals surface area (Å²) >= 11 is 0. The number of aromatic nitrogens is 1. The van der Waals surface area contributed by atoms with Crippen molar-refractivity contribution in [3.63, 3.8) is 0 Å². The third-order valence-electron chi connectivity index (χ3n) is 5.15. The number of benzene rings is 2. The van der Waals surface area contributed by atoms with E-state index in [1.807, 2.05) is 23.1 Å². The van der Waals surface area contributed by atoms with Gasteiger partial charge < -0.3 is 14.2 Å². The molecule has 1 N–H and O–H groups in total. The largest absolute Gasteiger partial charge is 0.417 e. The number of amides is 1. The zero-order valence-electron chi connectivity index (χ0n) is 15.4. The van der Waals surface area contributed by atoms with E-state index < -0.39 is 5.76 Å². The highest BCUT2D eigenvalue weighted by Gasteiger charge is 2.23. The number of oxazole rings is 1. The van der Waals surface area contributed by atoms with Crippen LogP contribution in [0.5, 0.6) is 0 Å². The van der Waals surface area contributed by atoms with E-state index in [2.05, 4.69) is 41.1 Å². The van der Waals surface area contributed by atoms with E-state index in [1.54, 1.807) is 0 Å². The van der Waals surface area contributed by atoms with Crippen molar-refractivity contribution in [2.75, 3.05) is 31.1 Å². The summed E-state index contributed by atoms with van der Waals surface area (Å²) < 4.78 is 5.29. The molecule has 1 aliphatic rings. The molecule has 0 unspecified atom stereocenters. The number of hydrogen-bond acceptors (Lipinski definition) is 4. The zero-order valence-corrected chi connectivity index (χ0v) is 15.4. The Kier molecular flexibility index (Phi) is 4.71. The predicted octanol–water partition coefficient (Wildman–Crippen LogP) is 2.71. The molecule has 1 amide bonds. The van der Waals surface area contributed by atoms with Gasteiger partial charge in [-0.05, 0) is 31.0 Å². The first-order valence-corrected chi connectivity index (χ1v) is 9.30. The molecule has 0 bridgehead atoms. The molecule has 140 valence electrons. The van der Waals surface area contributed by atoms with Crippen LogP contribution in [-0.4, -0.2) is 42.0 Å². The highest BCUT2D eigenvalue weighted by atomic mass is 16.4. The van der Waals surface area contributed by atoms with Gasteiger partial charge in [-0.3, -0.25) is 9.78 Å². The van der Waals surface area contributed by atoms with Crippen molar-refractivity contribution in [2.45, 2.75) is 19.8 Å². The van der Waals surface area contributed by atoms with Crippen LogP contribution in [0, 0.1) is 6.92 Å². The fourth-order valence-corrected chi connectivity index (χ4v) is 3.57. The molecule has 0 radical (unpaired) electrons. The van der Waals surface area contributed by atoms with Crippen LogP contribution in [0.3, 0.4) is 0 Å². The number of para-hydroxylation sites is 1. The first-order valence-electron chi connectivity index (χ1n) is 9.30. The number of piperazine rings is 1. The monoisotopic (exact) mass is 365 g/mol. The molecule has 3 aromatic rings. The number of anilines is 1. The lowest BCUT2D eigenvalue weighted by atomic mass is 10.1. The van der Waals surface area contributed by atoms with Gasteiger partial charge in [-0.2, -0.15) is 0 Å². The maximum Gasteiger partial charge on any atom is 0.417 e. The molecule has 1 aromatic heterocycles. The standard InChI is InChI=1S/C21H23N3O3/c1-15-5-7-16(8-6-15)9-10-19(25)24-13-11-23(12-14-24)18-4-2-3-17-20(18)27-21(26)22-17/h2-8H,9-14H2,1H3,(H,22,26). The van der Waals surface area contributed by atoms with Crippen molar-refractivity contribution >= 4 is 22.7 Å². The lowest BCUT2D eigenvalue weighted by molar-refractivity contribution is -0.131. The molecule has 4 rings (SSSR count). The fraction of sp³-hybridized carbons (Fsp3) is 0.333. The SMILES string of the molecule is Cc1ccc(CCC(=O)N2CCN(c3cccc4[nH]c(=O)oc34)CC2)cc1. The third-order valence-corrected chi connectivity index (χ3v) is 5.15. The highest BCUT2D eigenvalue weighted by molar-refractivity contribution is 5.86. The second kappa shape index (κ2) is 7.31. The van der Waals surface area contributed by atoms with Gasteiger partial charge >= 0.3 is 5.76 Å². The van der Waals surface area contributed by atoms with Crippen molar-refractivity contribution in [1.29, 1.82) is 0 Å². The summed E-state index contributed by atoms with van der Waals surface area (Å²) in [5.41, 5.74) is 4.62. The summed E-state index contributed by atoms with van der Waals surface area (Å²) in [4.78, 5) is 30.8. The number of fused-ring (bicyclic) bond motifs is 1. The van der Waals surface area contributed by atoms with E-state index in [1.165, 1.54) is 11.1 Å². The molecule has 1 saturated heterocycles. The Morgan fingerprint density at radius 3 is 2.56 bits per heavy atom. The molecule has 27 heavy (non-hydrogen) atoms. The van der Waals surface area contributed by atoms with Crippen molar-refractivity contribution in [3.05, 3.63) is 64.1 Å². The Bertz CT molecular complexity index is 995. The average Bonchev–Trinajstić information content (AvgIpc) is 3.07. The van der Waals surface area contributed by atoms with E-state index in [9.17, 15) is 9.59 Å². The van der Waals surface area contributed by atoms with Crippen LogP contribution in [0.2, 0.25) is 0 Å². The number of hydrogen-bond donors (Lipinski definition) is 1. The maximum atomic E-state index is 12.5. The molecule has 1 fully saturated rings. The Labute approximate surface area is 157 Å². The number of nitrogens with zero attached hydrogens (tertiary/aromatic N) is 2. The normalized spacial score (nSPS) is 14.7. The fourth-order valence-electron chi connectivity index (χ4n) is 3.57. The minimum atomic E-state index is -0.442. The van der Waals surface area contributed by atoms with Gasteiger partial charge in [0.05, 0.1) is 11.2 Å². The lowest BCUT2D eigenvalue weighted by Crippen LogP contribution is -2.48. The molecule has 0 aliphatic carbocycles. The summed E-state index contributed by atoms with van der Waals surface area (Å²) in [7, 11) is 0. The minimum Gasteiger partial charge on any atom is -0.406 e. The maximum absolute atomic E-state index is 12.5. The lowest BCUT2D eigenvalue weighted by Gasteiger charge is -2.36. The van der Waals surface area contributed by atoms with E-state index >= 15 is 0 Å². The number of carbonyl (C=O) groups is 1. The van der Waals surface area contributed by atoms with Gasteiger partial charge in [-0.15, -0.1) is 0 Å². The summed E-state index contributed by atoms with van der Waals surface area (Å²) in [6.07, 6.45) is 1.30. The quantitative estimate of drug-likeness (QED) is 0.772. The highest BCUT2D eigenvalue weighted by Crippen LogP contribution is 2.26. The summed E-state index contributed by atoms with van der Waals surface area (Å²) in [5, 5.41) is 0. The Morgan fingerprint density at radius 2 is 1.81 bits per heavy atom. The second-order valence-electron chi connectivity index (χ2n) is 7.02. The van der Waals surface area contributed by atoms with Gasteiger partial charge in [0.2, 0.25) is 5.91 Å². The summed E-state index contributed by atoms with van der Waals surface area (Å²) in [6.45, 7) is 4.87. The molecule has 0 saturated carbocycles. The Balaban J connectivity index is 1.36. The Morgan fingerprint density at radius 1 is 1.07 bits per heavy atom. The molecule has 6 heteroatoms.